The van der Waals surface area contributed by atoms with Gasteiger partial charge < -0.3 is 11.1 Å². The van der Waals surface area contributed by atoms with E-state index in [0.717, 1.165) is 29.7 Å². The predicted molar refractivity (Wildman–Crippen MR) is 111 cm³/mol. The van der Waals surface area contributed by atoms with Gasteiger partial charge in [-0.3, -0.25) is 9.59 Å². The number of thiophene rings is 1. The number of rotatable bonds is 7. The van der Waals surface area contributed by atoms with Crippen LogP contribution in [0, 0.1) is 5.92 Å². The van der Waals surface area contributed by atoms with E-state index < -0.39 is 21.7 Å². The van der Waals surface area contributed by atoms with Crippen molar-refractivity contribution >= 4 is 38.0 Å². The fourth-order valence-electron chi connectivity index (χ4n) is 3.44. The van der Waals surface area contributed by atoms with Crippen molar-refractivity contribution < 1.29 is 18.0 Å². The number of benzene rings is 1. The van der Waals surface area contributed by atoms with Gasteiger partial charge in [0.25, 0.3) is 5.91 Å². The number of carbonyl (C=O) groups is 2. The number of sulfone groups is 1. The fourth-order valence-corrected chi connectivity index (χ4v) is 6.21. The Morgan fingerprint density at radius 3 is 2.64 bits per heavy atom. The van der Waals surface area contributed by atoms with Crippen LogP contribution in [0.2, 0.25) is 0 Å². The normalized spacial score (nSPS) is 16.4. The molecule has 6 nitrogen and oxygen atoms in total. The molecule has 0 unspecified atom stereocenters. The van der Waals surface area contributed by atoms with Crippen LogP contribution in [0.1, 0.15) is 46.1 Å². The summed E-state index contributed by atoms with van der Waals surface area (Å²) < 4.78 is 24.6. The lowest BCUT2D eigenvalue weighted by Crippen LogP contribution is -2.21. The molecule has 0 radical (unpaired) electrons. The highest BCUT2D eigenvalue weighted by atomic mass is 32.2. The van der Waals surface area contributed by atoms with Crippen LogP contribution in [-0.2, 0) is 33.2 Å². The van der Waals surface area contributed by atoms with Crippen LogP contribution in [0.15, 0.2) is 30.3 Å². The van der Waals surface area contributed by atoms with Crippen molar-refractivity contribution in [2.24, 2.45) is 11.7 Å². The van der Waals surface area contributed by atoms with Gasteiger partial charge in [0, 0.05) is 11.3 Å². The standard InChI is InChI=1S/C20H24N2O4S2/c1-13-7-8-15-16(11-13)27-20(18(15)19(21)24)22-17(23)9-10-28(25,26)12-14-5-3-2-4-6-14/h2-6,13H,7-12H2,1H3,(H2,21,24)(H,22,23)/t13-/m1/s1. The Morgan fingerprint density at radius 2 is 1.96 bits per heavy atom. The third-order valence-electron chi connectivity index (χ3n) is 4.88. The molecule has 1 aromatic carbocycles. The van der Waals surface area contributed by atoms with Crippen LogP contribution in [-0.4, -0.2) is 26.0 Å². The van der Waals surface area contributed by atoms with E-state index in [1.54, 1.807) is 24.3 Å². The van der Waals surface area contributed by atoms with Crippen LogP contribution >= 0.6 is 11.3 Å². The molecule has 1 heterocycles. The Bertz CT molecular complexity index is 981. The third-order valence-corrected chi connectivity index (χ3v) is 7.65. The molecular formula is C20H24N2O4S2. The van der Waals surface area contributed by atoms with E-state index >= 15 is 0 Å². The van der Waals surface area contributed by atoms with Crippen molar-refractivity contribution in [3.05, 3.63) is 51.9 Å². The smallest absolute Gasteiger partial charge is 0.251 e. The first kappa shape index (κ1) is 20.5. The van der Waals surface area contributed by atoms with E-state index in [1.165, 1.54) is 11.3 Å². The zero-order chi connectivity index (χ0) is 20.3. The van der Waals surface area contributed by atoms with Crippen molar-refractivity contribution in [1.82, 2.24) is 0 Å². The zero-order valence-electron chi connectivity index (χ0n) is 15.7. The van der Waals surface area contributed by atoms with E-state index in [1.807, 2.05) is 6.07 Å². The van der Waals surface area contributed by atoms with Gasteiger partial charge in [0.05, 0.1) is 17.1 Å². The molecule has 3 rings (SSSR count). The quantitative estimate of drug-likeness (QED) is 0.718. The van der Waals surface area contributed by atoms with Gasteiger partial charge in [-0.15, -0.1) is 11.3 Å². The molecule has 2 aromatic rings. The molecule has 0 aliphatic heterocycles. The number of hydrogen-bond acceptors (Lipinski definition) is 5. The maximum absolute atomic E-state index is 12.3. The Kier molecular flexibility index (Phi) is 6.20. The second kappa shape index (κ2) is 8.45. The average Bonchev–Trinajstić information content (AvgIpc) is 2.97. The van der Waals surface area contributed by atoms with Crippen molar-refractivity contribution in [1.29, 1.82) is 0 Å². The second-order valence-electron chi connectivity index (χ2n) is 7.30. The van der Waals surface area contributed by atoms with E-state index in [0.29, 0.717) is 22.0 Å². The Labute approximate surface area is 169 Å². The van der Waals surface area contributed by atoms with Gasteiger partial charge in [-0.05, 0) is 36.3 Å². The first-order chi connectivity index (χ1) is 13.2. The van der Waals surface area contributed by atoms with Gasteiger partial charge >= 0.3 is 0 Å². The number of nitrogens with two attached hydrogens (primary N) is 1. The summed E-state index contributed by atoms with van der Waals surface area (Å²) in [5, 5.41) is 3.16. The van der Waals surface area contributed by atoms with Crippen LogP contribution in [0.5, 0.6) is 0 Å². The minimum absolute atomic E-state index is 0.0984. The maximum Gasteiger partial charge on any atom is 0.251 e. The summed E-state index contributed by atoms with van der Waals surface area (Å²) >= 11 is 1.38. The molecule has 1 aromatic heterocycles. The molecule has 0 saturated heterocycles. The van der Waals surface area contributed by atoms with E-state index in [4.69, 9.17) is 5.73 Å². The molecule has 2 amide bonds. The summed E-state index contributed by atoms with van der Waals surface area (Å²) in [7, 11) is -3.41. The Balaban J connectivity index is 1.66. The third kappa shape index (κ3) is 4.99. The van der Waals surface area contributed by atoms with Gasteiger partial charge in [0.15, 0.2) is 9.84 Å². The Hall–Kier alpha value is -2.19. The topological polar surface area (TPSA) is 106 Å². The van der Waals surface area contributed by atoms with Crippen molar-refractivity contribution in [2.75, 3.05) is 11.1 Å². The molecule has 1 aliphatic rings. The number of anilines is 1. The minimum atomic E-state index is -3.41. The number of primary amides is 1. The van der Waals surface area contributed by atoms with E-state index in [9.17, 15) is 18.0 Å². The maximum atomic E-state index is 12.3. The zero-order valence-corrected chi connectivity index (χ0v) is 17.4. The Morgan fingerprint density at radius 1 is 1.25 bits per heavy atom. The lowest BCUT2D eigenvalue weighted by Gasteiger charge is -2.18. The van der Waals surface area contributed by atoms with Gasteiger partial charge in [-0.25, -0.2) is 8.42 Å². The van der Waals surface area contributed by atoms with E-state index in [-0.39, 0.29) is 17.9 Å². The summed E-state index contributed by atoms with van der Waals surface area (Å²) in [6.07, 6.45) is 2.45. The predicted octanol–water partition coefficient (Wildman–Crippen LogP) is 2.92. The molecule has 8 heteroatoms. The van der Waals surface area contributed by atoms with Crippen LogP contribution in [0.25, 0.3) is 0 Å². The summed E-state index contributed by atoms with van der Waals surface area (Å²) in [5.74, 6) is -0.802. The van der Waals surface area contributed by atoms with Crippen molar-refractivity contribution in [3.8, 4) is 0 Å². The highest BCUT2D eigenvalue weighted by Crippen LogP contribution is 2.39. The van der Waals surface area contributed by atoms with E-state index in [2.05, 4.69) is 12.2 Å². The molecule has 0 bridgehead atoms. The monoisotopic (exact) mass is 420 g/mol. The molecule has 3 N–H and O–H groups in total. The summed E-state index contributed by atoms with van der Waals surface area (Å²) in [4.78, 5) is 25.3. The fraction of sp³-hybridized carbons (Fsp3) is 0.400. The number of hydrogen-bond donors (Lipinski definition) is 2. The molecule has 0 spiro atoms. The minimum Gasteiger partial charge on any atom is -0.365 e. The second-order valence-corrected chi connectivity index (χ2v) is 10.6. The summed E-state index contributed by atoms with van der Waals surface area (Å²) in [6.45, 7) is 2.16. The van der Waals surface area contributed by atoms with Crippen LogP contribution in [0.3, 0.4) is 0 Å². The summed E-state index contributed by atoms with van der Waals surface area (Å²) in [5.41, 5.74) is 7.55. The van der Waals surface area contributed by atoms with Crippen molar-refractivity contribution in [2.45, 2.75) is 38.4 Å². The number of nitrogens with one attached hydrogen (secondary N) is 1. The highest BCUT2D eigenvalue weighted by Gasteiger charge is 2.27. The molecule has 0 fully saturated rings. The molecule has 0 saturated carbocycles. The molecule has 28 heavy (non-hydrogen) atoms. The number of amides is 2. The highest BCUT2D eigenvalue weighted by molar-refractivity contribution is 7.90. The largest absolute Gasteiger partial charge is 0.365 e. The molecule has 150 valence electrons. The van der Waals surface area contributed by atoms with Crippen LogP contribution < -0.4 is 11.1 Å². The molecule has 1 aliphatic carbocycles. The SMILES string of the molecule is C[C@@H]1CCc2c(sc(NC(=O)CCS(=O)(=O)Cc3ccccc3)c2C(N)=O)C1. The molecule has 1 atom stereocenters. The lowest BCUT2D eigenvalue weighted by molar-refractivity contribution is -0.115. The number of carbonyl (C=O) groups excluding carboxylic acids is 2. The number of fused-ring (bicyclic) bond motifs is 1. The lowest BCUT2D eigenvalue weighted by atomic mass is 9.88. The van der Waals surface area contributed by atoms with Crippen LogP contribution in [0.4, 0.5) is 5.00 Å². The first-order valence-corrected chi connectivity index (χ1v) is 11.9. The van der Waals surface area contributed by atoms with Gasteiger partial charge in [0.2, 0.25) is 5.91 Å². The summed E-state index contributed by atoms with van der Waals surface area (Å²) in [6, 6.07) is 8.87. The first-order valence-electron chi connectivity index (χ1n) is 9.23. The van der Waals surface area contributed by atoms with Crippen molar-refractivity contribution in [3.63, 3.8) is 0 Å². The average molecular weight is 421 g/mol. The van der Waals surface area contributed by atoms with Gasteiger partial charge in [-0.2, -0.15) is 0 Å². The van der Waals surface area contributed by atoms with Gasteiger partial charge in [-0.1, -0.05) is 37.3 Å². The van der Waals surface area contributed by atoms with Gasteiger partial charge in [0.1, 0.15) is 5.00 Å². The molecular weight excluding hydrogens is 396 g/mol.